The number of nitrogen functional groups attached to an aromatic ring is 2. The van der Waals surface area contributed by atoms with E-state index in [4.69, 9.17) is 17.2 Å². The smallest absolute Gasteiger partial charge is 0.280 e. The maximum absolute atomic E-state index is 13.2. The molecule has 0 unspecified atom stereocenters. The molecule has 1 spiro atoms. The zero-order valence-electron chi connectivity index (χ0n) is 18.9. The van der Waals surface area contributed by atoms with Gasteiger partial charge in [0.1, 0.15) is 11.6 Å². The number of hydrogen-bond acceptors (Lipinski definition) is 8. The molecular formula is C25H28N8O. The molecule has 6 N–H and O–H groups in total. The van der Waals surface area contributed by atoms with Crippen LogP contribution >= 0.6 is 0 Å². The van der Waals surface area contributed by atoms with Crippen molar-refractivity contribution in [2.45, 2.75) is 31.7 Å². The van der Waals surface area contributed by atoms with Crippen molar-refractivity contribution in [1.29, 1.82) is 0 Å². The number of amides is 1. The summed E-state index contributed by atoms with van der Waals surface area (Å²) in [4.78, 5) is 30.3. The van der Waals surface area contributed by atoms with Gasteiger partial charge in [-0.2, -0.15) is 0 Å². The van der Waals surface area contributed by atoms with Crippen molar-refractivity contribution in [3.05, 3.63) is 65.1 Å². The highest BCUT2D eigenvalue weighted by Crippen LogP contribution is 2.50. The van der Waals surface area contributed by atoms with Gasteiger partial charge in [-0.25, -0.2) is 15.0 Å². The molecule has 0 bridgehead atoms. The fourth-order valence-corrected chi connectivity index (χ4v) is 5.81. The van der Waals surface area contributed by atoms with Gasteiger partial charge in [-0.1, -0.05) is 24.3 Å². The number of benzene rings is 1. The van der Waals surface area contributed by atoms with Gasteiger partial charge in [0, 0.05) is 32.1 Å². The molecule has 9 nitrogen and oxygen atoms in total. The molecule has 0 radical (unpaired) electrons. The van der Waals surface area contributed by atoms with Crippen molar-refractivity contribution in [3.63, 3.8) is 0 Å². The fourth-order valence-electron chi connectivity index (χ4n) is 5.81. The second kappa shape index (κ2) is 7.66. The molecule has 1 fully saturated rings. The lowest BCUT2D eigenvalue weighted by Crippen LogP contribution is -2.44. The van der Waals surface area contributed by atoms with Crippen molar-refractivity contribution in [3.8, 4) is 0 Å². The van der Waals surface area contributed by atoms with E-state index in [0.717, 1.165) is 43.7 Å². The summed E-state index contributed by atoms with van der Waals surface area (Å²) >= 11 is 0. The fraction of sp³-hybridized carbons (Fsp3) is 0.360. The summed E-state index contributed by atoms with van der Waals surface area (Å²) in [5.74, 6) is 1.02. The Hall–Kier alpha value is -3.72. The molecule has 3 aromatic rings. The highest BCUT2D eigenvalue weighted by molar-refractivity contribution is 6.08. The number of aromatic nitrogens is 3. The van der Waals surface area contributed by atoms with E-state index in [9.17, 15) is 4.79 Å². The molecule has 2 aromatic heterocycles. The molecule has 2 aliphatic heterocycles. The SMILES string of the molecule is Nc1ccc2c(n1)CCN2C(=O)c1ncc(N2CCC3(CC2)Cc2ccccc2[C@H]3N)nc1N. The summed E-state index contributed by atoms with van der Waals surface area (Å²) < 4.78 is 0. The number of pyridine rings is 1. The highest BCUT2D eigenvalue weighted by atomic mass is 16.2. The summed E-state index contributed by atoms with van der Waals surface area (Å²) in [6.07, 6.45) is 5.29. The average Bonchev–Trinajstić information content (AvgIpc) is 3.38. The Morgan fingerprint density at radius 1 is 1.03 bits per heavy atom. The number of hydrogen-bond donors (Lipinski definition) is 3. The number of carbonyl (C=O) groups is 1. The molecule has 174 valence electrons. The zero-order valence-corrected chi connectivity index (χ0v) is 18.9. The van der Waals surface area contributed by atoms with Gasteiger partial charge in [0.25, 0.3) is 5.91 Å². The molecular weight excluding hydrogens is 428 g/mol. The minimum absolute atomic E-state index is 0.0650. The molecule has 1 saturated heterocycles. The second-order valence-corrected chi connectivity index (χ2v) is 9.57. The molecule has 1 aliphatic carbocycles. The first kappa shape index (κ1) is 20.9. The van der Waals surface area contributed by atoms with Crippen molar-refractivity contribution in [2.75, 3.05) is 40.9 Å². The maximum atomic E-state index is 13.2. The van der Waals surface area contributed by atoms with Gasteiger partial charge < -0.3 is 27.0 Å². The number of anilines is 4. The van der Waals surface area contributed by atoms with E-state index in [1.165, 1.54) is 11.1 Å². The largest absolute Gasteiger partial charge is 0.384 e. The third-order valence-corrected chi connectivity index (χ3v) is 7.74. The number of carbonyl (C=O) groups excluding carboxylic acids is 1. The van der Waals surface area contributed by atoms with E-state index in [2.05, 4.69) is 44.1 Å². The number of fused-ring (bicyclic) bond motifs is 2. The Bertz CT molecular complexity index is 1280. The van der Waals surface area contributed by atoms with E-state index < -0.39 is 0 Å². The van der Waals surface area contributed by atoms with Gasteiger partial charge in [0.05, 0.1) is 17.6 Å². The monoisotopic (exact) mass is 456 g/mol. The third kappa shape index (κ3) is 3.19. The maximum Gasteiger partial charge on any atom is 0.280 e. The van der Waals surface area contributed by atoms with Crippen LogP contribution in [0.15, 0.2) is 42.6 Å². The van der Waals surface area contributed by atoms with Crippen LogP contribution in [0.3, 0.4) is 0 Å². The predicted molar refractivity (Wildman–Crippen MR) is 131 cm³/mol. The van der Waals surface area contributed by atoms with Crippen LogP contribution in [0.1, 0.15) is 46.2 Å². The molecule has 9 heteroatoms. The summed E-state index contributed by atoms with van der Waals surface area (Å²) in [5.41, 5.74) is 23.2. The van der Waals surface area contributed by atoms with Crippen LogP contribution in [0, 0.1) is 5.41 Å². The van der Waals surface area contributed by atoms with Crippen molar-refractivity contribution >= 4 is 29.0 Å². The van der Waals surface area contributed by atoms with Crippen LogP contribution in [-0.2, 0) is 12.8 Å². The van der Waals surface area contributed by atoms with Crippen LogP contribution in [0.25, 0.3) is 0 Å². The third-order valence-electron chi connectivity index (χ3n) is 7.74. The summed E-state index contributed by atoms with van der Waals surface area (Å²) in [6.45, 7) is 2.18. The van der Waals surface area contributed by atoms with E-state index >= 15 is 0 Å². The lowest BCUT2D eigenvalue weighted by molar-refractivity contribution is 0.0985. The zero-order chi connectivity index (χ0) is 23.4. The minimum Gasteiger partial charge on any atom is -0.384 e. The lowest BCUT2D eigenvalue weighted by Gasteiger charge is -2.42. The Kier molecular flexibility index (Phi) is 4.70. The van der Waals surface area contributed by atoms with E-state index in [1.807, 2.05) is 6.07 Å². The van der Waals surface area contributed by atoms with Gasteiger partial charge >= 0.3 is 0 Å². The van der Waals surface area contributed by atoms with Crippen LogP contribution in [0.4, 0.5) is 23.1 Å². The van der Waals surface area contributed by atoms with Gasteiger partial charge in [-0.3, -0.25) is 4.79 Å². The van der Waals surface area contributed by atoms with Gasteiger partial charge in [0.2, 0.25) is 0 Å². The predicted octanol–water partition coefficient (Wildman–Crippen LogP) is 2.08. The number of nitrogens with two attached hydrogens (primary N) is 3. The second-order valence-electron chi connectivity index (χ2n) is 9.57. The van der Waals surface area contributed by atoms with Gasteiger partial charge in [-0.05, 0) is 47.9 Å². The minimum atomic E-state index is -0.269. The molecule has 4 heterocycles. The Morgan fingerprint density at radius 2 is 1.82 bits per heavy atom. The van der Waals surface area contributed by atoms with E-state index in [-0.39, 0.29) is 28.9 Å². The van der Waals surface area contributed by atoms with Crippen molar-refractivity contribution in [2.24, 2.45) is 11.1 Å². The first-order valence-corrected chi connectivity index (χ1v) is 11.7. The van der Waals surface area contributed by atoms with Gasteiger partial charge in [-0.15, -0.1) is 0 Å². The number of piperidine rings is 1. The number of rotatable bonds is 2. The van der Waals surface area contributed by atoms with Crippen molar-refractivity contribution in [1.82, 2.24) is 15.0 Å². The Morgan fingerprint density at radius 3 is 2.59 bits per heavy atom. The molecule has 6 rings (SSSR count). The molecule has 1 aromatic carbocycles. The molecule has 1 atom stereocenters. The van der Waals surface area contributed by atoms with Crippen LogP contribution < -0.4 is 27.0 Å². The summed E-state index contributed by atoms with van der Waals surface area (Å²) in [7, 11) is 0. The van der Waals surface area contributed by atoms with Crippen LogP contribution in [0.5, 0.6) is 0 Å². The first-order chi connectivity index (χ1) is 16.4. The average molecular weight is 457 g/mol. The van der Waals surface area contributed by atoms with Gasteiger partial charge in [0.15, 0.2) is 11.5 Å². The van der Waals surface area contributed by atoms with E-state index in [1.54, 1.807) is 17.2 Å². The Balaban J connectivity index is 1.17. The highest BCUT2D eigenvalue weighted by Gasteiger charge is 2.46. The van der Waals surface area contributed by atoms with Crippen molar-refractivity contribution < 1.29 is 4.79 Å². The first-order valence-electron chi connectivity index (χ1n) is 11.7. The topological polar surface area (TPSA) is 140 Å². The molecule has 0 saturated carbocycles. The Labute approximate surface area is 198 Å². The summed E-state index contributed by atoms with van der Waals surface area (Å²) in [5, 5.41) is 0. The quantitative estimate of drug-likeness (QED) is 0.532. The standard InChI is InChI=1S/C25H28N8O/c26-19-6-5-18-17(30-19)7-10-33(18)24(34)21-23(28)31-20(14-29-21)32-11-8-25(9-12-32)13-15-3-1-2-4-16(15)22(25)27/h1-6,14,22H,7-13,27H2,(H2,26,30)(H2,28,31)/t22-/m1/s1. The van der Waals surface area contributed by atoms with Crippen LogP contribution in [0.2, 0.25) is 0 Å². The number of nitrogens with zero attached hydrogens (tertiary/aromatic N) is 5. The molecule has 3 aliphatic rings. The van der Waals surface area contributed by atoms with E-state index in [0.29, 0.717) is 24.6 Å². The molecule has 34 heavy (non-hydrogen) atoms. The molecule has 1 amide bonds. The normalized spacial score (nSPS) is 20.4. The van der Waals surface area contributed by atoms with Crippen LogP contribution in [-0.4, -0.2) is 40.5 Å². The summed E-state index contributed by atoms with van der Waals surface area (Å²) in [6, 6.07) is 12.1. The lowest BCUT2D eigenvalue weighted by atomic mass is 9.73.